The van der Waals surface area contributed by atoms with Gasteiger partial charge in [0.2, 0.25) is 5.24 Å². The highest BCUT2D eigenvalue weighted by Crippen LogP contribution is 2.14. The van der Waals surface area contributed by atoms with E-state index in [1.54, 1.807) is 0 Å². The summed E-state index contributed by atoms with van der Waals surface area (Å²) in [7, 11) is 0. The van der Waals surface area contributed by atoms with Crippen molar-refractivity contribution in [2.75, 3.05) is 0 Å². The van der Waals surface area contributed by atoms with Crippen molar-refractivity contribution in [2.24, 2.45) is 0 Å². The van der Waals surface area contributed by atoms with E-state index >= 15 is 0 Å². The summed E-state index contributed by atoms with van der Waals surface area (Å²) in [5.41, 5.74) is 0. The van der Waals surface area contributed by atoms with Crippen molar-refractivity contribution in [3.8, 4) is 0 Å². The average molecular weight is 371 g/mol. The number of halogens is 1. The van der Waals surface area contributed by atoms with Gasteiger partial charge in [-0.1, -0.05) is 109 Å². The maximum atomic E-state index is 10.6. The first kappa shape index (κ1) is 24.7. The molecule has 0 atom stereocenters. The SMILES string of the molecule is CC/C=C/CCCCCCCCCCCCCCCCCCC(=O)Cl. The van der Waals surface area contributed by atoms with Gasteiger partial charge in [-0.2, -0.15) is 0 Å². The fraction of sp³-hybridized carbons (Fsp3) is 0.870. The van der Waals surface area contributed by atoms with Crippen molar-refractivity contribution >= 4 is 16.8 Å². The number of carbonyl (C=O) groups is 1. The minimum Gasteiger partial charge on any atom is -0.281 e. The summed E-state index contributed by atoms with van der Waals surface area (Å²) in [6.07, 6.45) is 29.3. The van der Waals surface area contributed by atoms with Gasteiger partial charge in [-0.25, -0.2) is 0 Å². The number of unbranched alkanes of at least 4 members (excludes halogenated alkanes) is 16. The van der Waals surface area contributed by atoms with Crippen molar-refractivity contribution in [3.63, 3.8) is 0 Å². The zero-order valence-corrected chi connectivity index (χ0v) is 17.6. The van der Waals surface area contributed by atoms with Crippen LogP contribution < -0.4 is 0 Å². The Morgan fingerprint density at radius 3 is 1.32 bits per heavy atom. The molecule has 0 aliphatic heterocycles. The molecule has 0 aliphatic rings. The highest BCUT2D eigenvalue weighted by molar-refractivity contribution is 6.63. The third-order valence-electron chi connectivity index (χ3n) is 4.90. The molecule has 0 aromatic carbocycles. The molecule has 0 heterocycles. The van der Waals surface area contributed by atoms with Crippen LogP contribution in [0.2, 0.25) is 0 Å². The van der Waals surface area contributed by atoms with Gasteiger partial charge >= 0.3 is 0 Å². The molecule has 1 nitrogen and oxygen atoms in total. The van der Waals surface area contributed by atoms with E-state index in [2.05, 4.69) is 19.1 Å². The Hall–Kier alpha value is -0.300. The molecule has 0 saturated carbocycles. The predicted octanol–water partition coefficient (Wildman–Crippen LogP) is 8.74. The Bertz CT molecular complexity index is 298. The predicted molar refractivity (Wildman–Crippen MR) is 113 cm³/mol. The highest BCUT2D eigenvalue weighted by atomic mass is 35.5. The van der Waals surface area contributed by atoms with Gasteiger partial charge in [-0.3, -0.25) is 4.79 Å². The molecule has 0 amide bonds. The van der Waals surface area contributed by atoms with Crippen LogP contribution >= 0.6 is 11.6 Å². The number of rotatable bonds is 20. The fourth-order valence-corrected chi connectivity index (χ4v) is 3.42. The minimum absolute atomic E-state index is 0.181. The van der Waals surface area contributed by atoms with Crippen LogP contribution in [0.4, 0.5) is 0 Å². The molecule has 148 valence electrons. The normalized spacial score (nSPS) is 11.4. The molecular formula is C23H43ClO. The van der Waals surface area contributed by atoms with Crippen molar-refractivity contribution < 1.29 is 4.79 Å². The molecule has 25 heavy (non-hydrogen) atoms. The molecule has 0 aromatic heterocycles. The van der Waals surface area contributed by atoms with Crippen LogP contribution in [0.15, 0.2) is 12.2 Å². The number of hydrogen-bond donors (Lipinski definition) is 0. The Kier molecular flexibility index (Phi) is 21.5. The van der Waals surface area contributed by atoms with Crippen molar-refractivity contribution in [1.29, 1.82) is 0 Å². The van der Waals surface area contributed by atoms with Crippen molar-refractivity contribution in [2.45, 2.75) is 129 Å². The van der Waals surface area contributed by atoms with Crippen LogP contribution in [0.5, 0.6) is 0 Å². The van der Waals surface area contributed by atoms with Gasteiger partial charge in [0.25, 0.3) is 0 Å². The third-order valence-corrected chi connectivity index (χ3v) is 5.09. The van der Waals surface area contributed by atoms with E-state index in [-0.39, 0.29) is 5.24 Å². The molecule has 0 radical (unpaired) electrons. The van der Waals surface area contributed by atoms with E-state index in [4.69, 9.17) is 11.6 Å². The topological polar surface area (TPSA) is 17.1 Å². The summed E-state index contributed by atoms with van der Waals surface area (Å²) < 4.78 is 0. The first-order valence-electron chi connectivity index (χ1n) is 11.1. The first-order valence-corrected chi connectivity index (χ1v) is 11.5. The smallest absolute Gasteiger partial charge is 0.221 e. The van der Waals surface area contributed by atoms with Crippen LogP contribution in [-0.2, 0) is 4.79 Å². The Labute approximate surface area is 163 Å². The molecule has 0 fully saturated rings. The third kappa shape index (κ3) is 23.7. The molecule has 2 heteroatoms. The largest absolute Gasteiger partial charge is 0.281 e. The molecule has 0 rings (SSSR count). The molecule has 0 unspecified atom stereocenters. The van der Waals surface area contributed by atoms with E-state index < -0.39 is 0 Å². The van der Waals surface area contributed by atoms with Gasteiger partial charge in [0.05, 0.1) is 0 Å². The minimum atomic E-state index is -0.181. The lowest BCUT2D eigenvalue weighted by Crippen LogP contribution is -1.86. The van der Waals surface area contributed by atoms with E-state index in [0.717, 1.165) is 12.8 Å². The number of allylic oxidation sites excluding steroid dienone is 2. The molecule has 0 aromatic rings. The highest BCUT2D eigenvalue weighted by Gasteiger charge is 1.97. The Morgan fingerprint density at radius 2 is 0.960 bits per heavy atom. The van der Waals surface area contributed by atoms with Crippen LogP contribution in [-0.4, -0.2) is 5.24 Å². The maximum absolute atomic E-state index is 10.6. The van der Waals surface area contributed by atoms with Crippen molar-refractivity contribution in [3.05, 3.63) is 12.2 Å². The molecule has 0 N–H and O–H groups in total. The first-order chi connectivity index (χ1) is 12.3. The van der Waals surface area contributed by atoms with E-state index in [1.165, 1.54) is 103 Å². The summed E-state index contributed by atoms with van der Waals surface area (Å²) in [5.74, 6) is 0. The average Bonchev–Trinajstić information content (AvgIpc) is 2.60. The maximum Gasteiger partial charge on any atom is 0.221 e. The van der Waals surface area contributed by atoms with Gasteiger partial charge in [0.1, 0.15) is 0 Å². The summed E-state index contributed by atoms with van der Waals surface area (Å²) >= 11 is 5.32. The molecular weight excluding hydrogens is 328 g/mol. The van der Waals surface area contributed by atoms with Gasteiger partial charge in [-0.05, 0) is 37.3 Å². The molecule has 0 spiro atoms. The van der Waals surface area contributed by atoms with Crippen LogP contribution in [0.3, 0.4) is 0 Å². The van der Waals surface area contributed by atoms with Gasteiger partial charge in [-0.15, -0.1) is 0 Å². The lowest BCUT2D eigenvalue weighted by atomic mass is 10.0. The second-order valence-corrected chi connectivity index (χ2v) is 7.85. The van der Waals surface area contributed by atoms with Gasteiger partial charge in [0, 0.05) is 6.42 Å². The Balaban J connectivity index is 3.00. The second kappa shape index (κ2) is 21.7. The summed E-state index contributed by atoms with van der Waals surface area (Å²) in [5, 5.41) is -0.181. The van der Waals surface area contributed by atoms with Crippen molar-refractivity contribution in [1.82, 2.24) is 0 Å². The summed E-state index contributed by atoms with van der Waals surface area (Å²) in [6, 6.07) is 0. The monoisotopic (exact) mass is 370 g/mol. The molecule has 0 bridgehead atoms. The van der Waals surface area contributed by atoms with Crippen LogP contribution in [0.1, 0.15) is 129 Å². The van der Waals surface area contributed by atoms with Gasteiger partial charge in [0.15, 0.2) is 0 Å². The summed E-state index contributed by atoms with van der Waals surface area (Å²) in [6.45, 7) is 2.20. The lowest BCUT2D eigenvalue weighted by Gasteiger charge is -2.03. The number of hydrogen-bond acceptors (Lipinski definition) is 1. The molecule has 0 aliphatic carbocycles. The lowest BCUT2D eigenvalue weighted by molar-refractivity contribution is -0.111. The molecule has 0 saturated heterocycles. The quantitative estimate of drug-likeness (QED) is 0.119. The van der Waals surface area contributed by atoms with Gasteiger partial charge < -0.3 is 0 Å². The van der Waals surface area contributed by atoms with E-state index in [9.17, 15) is 4.79 Å². The van der Waals surface area contributed by atoms with E-state index in [1.807, 2.05) is 0 Å². The second-order valence-electron chi connectivity index (χ2n) is 7.43. The van der Waals surface area contributed by atoms with E-state index in [0.29, 0.717) is 6.42 Å². The summed E-state index contributed by atoms with van der Waals surface area (Å²) in [4.78, 5) is 10.6. The number of carbonyl (C=O) groups excluding carboxylic acids is 1. The standard InChI is InChI=1S/C23H43ClO/c1-2-3-4-5-6-7-8-9-10-11-12-13-14-15-16-17-18-19-20-21-22-23(24)25/h3-4H,2,5-22H2,1H3/b4-3+. The van der Waals surface area contributed by atoms with Crippen LogP contribution in [0.25, 0.3) is 0 Å². The zero-order chi connectivity index (χ0) is 18.4. The zero-order valence-electron chi connectivity index (χ0n) is 16.9. The fourth-order valence-electron chi connectivity index (χ4n) is 3.29. The van der Waals surface area contributed by atoms with Crippen LogP contribution in [0, 0.1) is 0 Å². The Morgan fingerprint density at radius 1 is 0.600 bits per heavy atom.